The molecule has 1 unspecified atom stereocenters. The molecule has 1 aromatic carbocycles. The molecule has 16 heavy (non-hydrogen) atoms. The predicted molar refractivity (Wildman–Crippen MR) is 65.2 cm³/mol. The van der Waals surface area contributed by atoms with Gasteiger partial charge in [0.25, 0.3) is 0 Å². The standard InChI is InChI=1S/C13H19FN2/c1-10(15)8-11-4-5-13(12(14)9-11)16-6-2-3-7-16/h4-5,9-10H,2-3,6-8,15H2,1H3. The summed E-state index contributed by atoms with van der Waals surface area (Å²) >= 11 is 0. The SMILES string of the molecule is CC(N)Cc1ccc(N2CCCC2)c(F)c1. The van der Waals surface area contributed by atoms with Crippen molar-refractivity contribution >= 4 is 5.69 Å². The highest BCUT2D eigenvalue weighted by molar-refractivity contribution is 5.49. The number of hydrogen-bond acceptors (Lipinski definition) is 2. The summed E-state index contributed by atoms with van der Waals surface area (Å²) in [7, 11) is 0. The van der Waals surface area contributed by atoms with E-state index in [9.17, 15) is 4.39 Å². The summed E-state index contributed by atoms with van der Waals surface area (Å²) in [5, 5.41) is 0. The summed E-state index contributed by atoms with van der Waals surface area (Å²) in [5.74, 6) is -0.111. The van der Waals surface area contributed by atoms with E-state index in [0.717, 1.165) is 30.8 Å². The molecule has 0 saturated carbocycles. The van der Waals surface area contributed by atoms with Crippen LogP contribution >= 0.6 is 0 Å². The van der Waals surface area contributed by atoms with E-state index in [4.69, 9.17) is 5.73 Å². The number of anilines is 1. The Bertz CT molecular complexity index is 357. The smallest absolute Gasteiger partial charge is 0.146 e. The van der Waals surface area contributed by atoms with Crippen LogP contribution in [0.2, 0.25) is 0 Å². The molecule has 1 heterocycles. The molecule has 0 amide bonds. The Kier molecular flexibility index (Phi) is 3.44. The summed E-state index contributed by atoms with van der Waals surface area (Å²) in [6.07, 6.45) is 3.07. The van der Waals surface area contributed by atoms with Crippen LogP contribution in [0.5, 0.6) is 0 Å². The van der Waals surface area contributed by atoms with Crippen LogP contribution < -0.4 is 10.6 Å². The van der Waals surface area contributed by atoms with Crippen LogP contribution in [-0.4, -0.2) is 19.1 Å². The molecule has 1 aromatic rings. The lowest BCUT2D eigenvalue weighted by Crippen LogP contribution is -2.20. The van der Waals surface area contributed by atoms with E-state index in [1.807, 2.05) is 19.1 Å². The van der Waals surface area contributed by atoms with E-state index in [2.05, 4.69) is 4.90 Å². The number of hydrogen-bond donors (Lipinski definition) is 1. The number of nitrogens with zero attached hydrogens (tertiary/aromatic N) is 1. The fraction of sp³-hybridized carbons (Fsp3) is 0.538. The van der Waals surface area contributed by atoms with Crippen molar-refractivity contribution in [2.45, 2.75) is 32.2 Å². The highest BCUT2D eigenvalue weighted by Crippen LogP contribution is 2.24. The van der Waals surface area contributed by atoms with Crippen molar-refractivity contribution in [2.75, 3.05) is 18.0 Å². The lowest BCUT2D eigenvalue weighted by atomic mass is 10.1. The van der Waals surface area contributed by atoms with Crippen LogP contribution in [0.1, 0.15) is 25.3 Å². The van der Waals surface area contributed by atoms with Crippen LogP contribution in [0.25, 0.3) is 0 Å². The molecule has 0 aromatic heterocycles. The number of halogens is 1. The van der Waals surface area contributed by atoms with Crippen molar-refractivity contribution in [2.24, 2.45) is 5.73 Å². The maximum absolute atomic E-state index is 13.9. The minimum atomic E-state index is -0.111. The van der Waals surface area contributed by atoms with Crippen LogP contribution in [0.4, 0.5) is 10.1 Å². The first kappa shape index (κ1) is 11.4. The molecule has 1 aliphatic rings. The topological polar surface area (TPSA) is 29.3 Å². The molecule has 2 nitrogen and oxygen atoms in total. The number of rotatable bonds is 3. The number of nitrogens with two attached hydrogens (primary N) is 1. The van der Waals surface area contributed by atoms with Crippen molar-refractivity contribution in [1.82, 2.24) is 0 Å². The zero-order valence-electron chi connectivity index (χ0n) is 9.75. The van der Waals surface area contributed by atoms with Gasteiger partial charge in [0.15, 0.2) is 0 Å². The maximum atomic E-state index is 13.9. The Morgan fingerprint density at radius 1 is 1.38 bits per heavy atom. The van der Waals surface area contributed by atoms with E-state index in [0.29, 0.717) is 0 Å². The summed E-state index contributed by atoms with van der Waals surface area (Å²) < 4.78 is 13.9. The van der Waals surface area contributed by atoms with Crippen LogP contribution in [-0.2, 0) is 6.42 Å². The van der Waals surface area contributed by atoms with Crippen LogP contribution in [0.3, 0.4) is 0 Å². The molecule has 1 atom stereocenters. The Morgan fingerprint density at radius 3 is 2.62 bits per heavy atom. The van der Waals surface area contributed by atoms with Crippen molar-refractivity contribution in [3.8, 4) is 0 Å². The van der Waals surface area contributed by atoms with E-state index in [1.54, 1.807) is 6.07 Å². The highest BCUT2D eigenvalue weighted by Gasteiger charge is 2.16. The third-order valence-electron chi connectivity index (χ3n) is 3.02. The zero-order valence-corrected chi connectivity index (χ0v) is 9.75. The molecule has 0 bridgehead atoms. The summed E-state index contributed by atoms with van der Waals surface area (Å²) in [6, 6.07) is 5.58. The van der Waals surface area contributed by atoms with E-state index >= 15 is 0 Å². The molecule has 1 fully saturated rings. The third-order valence-corrected chi connectivity index (χ3v) is 3.02. The second-order valence-corrected chi connectivity index (χ2v) is 4.66. The largest absolute Gasteiger partial charge is 0.369 e. The molecule has 2 N–H and O–H groups in total. The van der Waals surface area contributed by atoms with Gasteiger partial charge in [-0.15, -0.1) is 0 Å². The van der Waals surface area contributed by atoms with Gasteiger partial charge < -0.3 is 10.6 Å². The maximum Gasteiger partial charge on any atom is 0.146 e. The third kappa shape index (κ3) is 2.53. The van der Waals surface area contributed by atoms with Crippen molar-refractivity contribution in [3.05, 3.63) is 29.6 Å². The highest BCUT2D eigenvalue weighted by atomic mass is 19.1. The Balaban J connectivity index is 2.15. The van der Waals surface area contributed by atoms with Gasteiger partial charge in [-0.2, -0.15) is 0 Å². The minimum absolute atomic E-state index is 0.0806. The average Bonchev–Trinajstić information content (AvgIpc) is 2.69. The molecular formula is C13H19FN2. The minimum Gasteiger partial charge on any atom is -0.369 e. The Morgan fingerprint density at radius 2 is 2.06 bits per heavy atom. The lowest BCUT2D eigenvalue weighted by molar-refractivity contribution is 0.618. The molecule has 88 valence electrons. The summed E-state index contributed by atoms with van der Waals surface area (Å²) in [6.45, 7) is 3.89. The molecule has 0 spiro atoms. The van der Waals surface area contributed by atoms with Crippen LogP contribution in [0.15, 0.2) is 18.2 Å². The van der Waals surface area contributed by atoms with Gasteiger partial charge in [0.2, 0.25) is 0 Å². The normalized spacial score (nSPS) is 17.8. The van der Waals surface area contributed by atoms with Gasteiger partial charge >= 0.3 is 0 Å². The molecular weight excluding hydrogens is 203 g/mol. The van der Waals surface area contributed by atoms with Crippen molar-refractivity contribution in [3.63, 3.8) is 0 Å². The number of benzene rings is 1. The monoisotopic (exact) mass is 222 g/mol. The molecule has 2 rings (SSSR count). The van der Waals surface area contributed by atoms with Gasteiger partial charge in [-0.1, -0.05) is 6.07 Å². The second-order valence-electron chi connectivity index (χ2n) is 4.66. The van der Waals surface area contributed by atoms with Gasteiger partial charge in [0.05, 0.1) is 5.69 Å². The summed E-state index contributed by atoms with van der Waals surface area (Å²) in [4.78, 5) is 2.12. The zero-order chi connectivity index (χ0) is 11.5. The summed E-state index contributed by atoms with van der Waals surface area (Å²) in [5.41, 5.74) is 7.43. The molecule has 1 aliphatic heterocycles. The van der Waals surface area contributed by atoms with Gasteiger partial charge in [-0.05, 0) is 43.9 Å². The van der Waals surface area contributed by atoms with Gasteiger partial charge in [-0.3, -0.25) is 0 Å². The second kappa shape index (κ2) is 4.83. The van der Waals surface area contributed by atoms with E-state index in [-0.39, 0.29) is 11.9 Å². The van der Waals surface area contributed by atoms with E-state index < -0.39 is 0 Å². The van der Waals surface area contributed by atoms with E-state index in [1.165, 1.54) is 12.8 Å². The lowest BCUT2D eigenvalue weighted by Gasteiger charge is -2.19. The van der Waals surface area contributed by atoms with Crippen molar-refractivity contribution < 1.29 is 4.39 Å². The molecule has 0 radical (unpaired) electrons. The predicted octanol–water partition coefficient (Wildman–Crippen LogP) is 2.32. The Hall–Kier alpha value is -1.09. The van der Waals surface area contributed by atoms with Gasteiger partial charge in [0, 0.05) is 19.1 Å². The Labute approximate surface area is 96.2 Å². The molecule has 1 saturated heterocycles. The average molecular weight is 222 g/mol. The molecule has 0 aliphatic carbocycles. The first-order valence-electron chi connectivity index (χ1n) is 5.96. The van der Waals surface area contributed by atoms with Crippen LogP contribution in [0, 0.1) is 5.82 Å². The fourth-order valence-electron chi connectivity index (χ4n) is 2.26. The van der Waals surface area contributed by atoms with Gasteiger partial charge in [0.1, 0.15) is 5.82 Å². The van der Waals surface area contributed by atoms with Gasteiger partial charge in [-0.25, -0.2) is 4.39 Å². The first-order valence-corrected chi connectivity index (χ1v) is 5.96. The van der Waals surface area contributed by atoms with Crippen molar-refractivity contribution in [1.29, 1.82) is 0 Å². The fourth-order valence-corrected chi connectivity index (χ4v) is 2.26. The quantitative estimate of drug-likeness (QED) is 0.850. The first-order chi connectivity index (χ1) is 7.66. The molecule has 3 heteroatoms.